The van der Waals surface area contributed by atoms with Crippen molar-refractivity contribution >= 4 is 23.7 Å². The summed E-state index contributed by atoms with van der Waals surface area (Å²) in [7, 11) is -2.30. The molecule has 130 valence electrons. The highest BCUT2D eigenvalue weighted by Gasteiger charge is 2.58. The summed E-state index contributed by atoms with van der Waals surface area (Å²) in [6, 6.07) is 0.298. The largest absolute Gasteiger partial charge is 0.420 e. The third-order valence-corrected chi connectivity index (χ3v) is 8.71. The van der Waals surface area contributed by atoms with Crippen LogP contribution < -0.4 is 0 Å². The van der Waals surface area contributed by atoms with Gasteiger partial charge in [-0.05, 0) is 45.7 Å². The molecule has 1 amide bonds. The summed E-state index contributed by atoms with van der Waals surface area (Å²) in [6.45, 7) is 23.0. The van der Waals surface area contributed by atoms with Crippen LogP contribution in [0.15, 0.2) is 0 Å². The number of rotatable bonds is 4. The van der Waals surface area contributed by atoms with E-state index >= 15 is 0 Å². The van der Waals surface area contributed by atoms with Gasteiger partial charge in [0.25, 0.3) is 0 Å². The summed E-state index contributed by atoms with van der Waals surface area (Å²) in [5, 5.41) is -0.220. The van der Waals surface area contributed by atoms with Crippen molar-refractivity contribution in [2.75, 3.05) is 6.61 Å². The van der Waals surface area contributed by atoms with Crippen molar-refractivity contribution < 1.29 is 9.22 Å². The summed E-state index contributed by atoms with van der Waals surface area (Å²) in [6.07, 6.45) is 0.970. The fraction of sp³-hybridized carbons (Fsp3) is 0.941. The Labute approximate surface area is 141 Å². The molecule has 1 saturated heterocycles. The lowest BCUT2D eigenvalue weighted by atomic mass is 9.82. The molecule has 0 spiro atoms. The van der Waals surface area contributed by atoms with E-state index in [-0.39, 0.29) is 16.0 Å². The molecule has 0 saturated carbocycles. The summed E-state index contributed by atoms with van der Waals surface area (Å²) in [5.41, 5.74) is -0.0292. The SMILES string of the molecule is C[SiH](C)OCC1([SiH](C)C)CC(C(C)(C)C)N(C(C)(C)C)C1=O. The molecule has 0 aromatic heterocycles. The number of hydrogen-bond acceptors (Lipinski definition) is 2. The van der Waals surface area contributed by atoms with Gasteiger partial charge in [0.15, 0.2) is 9.04 Å². The predicted molar refractivity (Wildman–Crippen MR) is 101 cm³/mol. The molecule has 1 heterocycles. The maximum absolute atomic E-state index is 13.5. The maximum atomic E-state index is 13.5. The standard InChI is InChI=1S/C17H37NO2Si2/c1-15(2,3)13-11-17(21(7)8,12-20-22(9)10)14(19)18(13)16(4,5)6/h13,21-22H,11-12H2,1-10H3. The zero-order valence-electron chi connectivity index (χ0n) is 16.4. The van der Waals surface area contributed by atoms with Crippen LogP contribution in [-0.2, 0) is 9.22 Å². The molecular weight excluding hydrogens is 306 g/mol. The zero-order chi connectivity index (χ0) is 17.5. The van der Waals surface area contributed by atoms with Crippen molar-refractivity contribution in [2.24, 2.45) is 5.41 Å². The highest BCUT2D eigenvalue weighted by molar-refractivity contribution is 6.64. The van der Waals surface area contributed by atoms with Crippen LogP contribution in [0.5, 0.6) is 0 Å². The molecule has 2 atom stereocenters. The second-order valence-electron chi connectivity index (χ2n) is 9.60. The number of carbonyl (C=O) groups excluding carboxylic acids is 1. The van der Waals surface area contributed by atoms with Crippen molar-refractivity contribution in [2.45, 2.75) is 90.8 Å². The molecule has 2 unspecified atom stereocenters. The van der Waals surface area contributed by atoms with Gasteiger partial charge in [0.1, 0.15) is 0 Å². The maximum Gasteiger partial charge on any atom is 0.228 e. The van der Waals surface area contributed by atoms with Gasteiger partial charge in [0.2, 0.25) is 5.91 Å². The monoisotopic (exact) mass is 343 g/mol. The van der Waals surface area contributed by atoms with Gasteiger partial charge in [-0.1, -0.05) is 33.9 Å². The van der Waals surface area contributed by atoms with E-state index in [1.807, 2.05) is 0 Å². The van der Waals surface area contributed by atoms with Gasteiger partial charge in [-0.3, -0.25) is 4.79 Å². The van der Waals surface area contributed by atoms with Gasteiger partial charge in [-0.15, -0.1) is 0 Å². The highest BCUT2D eigenvalue weighted by Crippen LogP contribution is 2.52. The van der Waals surface area contributed by atoms with Crippen molar-refractivity contribution in [1.29, 1.82) is 0 Å². The van der Waals surface area contributed by atoms with Crippen LogP contribution in [0.2, 0.25) is 31.2 Å². The first-order chi connectivity index (χ1) is 9.73. The van der Waals surface area contributed by atoms with Crippen molar-refractivity contribution in [3.8, 4) is 0 Å². The first-order valence-corrected chi connectivity index (χ1v) is 14.4. The molecule has 0 bridgehead atoms. The molecule has 1 aliphatic rings. The Kier molecular flexibility index (Phi) is 5.79. The van der Waals surface area contributed by atoms with E-state index in [2.05, 4.69) is 72.6 Å². The van der Waals surface area contributed by atoms with Crippen LogP contribution in [0, 0.1) is 5.41 Å². The van der Waals surface area contributed by atoms with E-state index in [0.29, 0.717) is 18.6 Å². The van der Waals surface area contributed by atoms with Crippen LogP contribution in [0.25, 0.3) is 0 Å². The number of likely N-dealkylation sites (tertiary alicyclic amines) is 1. The summed E-state index contributed by atoms with van der Waals surface area (Å²) in [4.78, 5) is 15.7. The smallest absolute Gasteiger partial charge is 0.228 e. The van der Waals surface area contributed by atoms with Crippen LogP contribution in [0.4, 0.5) is 0 Å². The molecule has 0 N–H and O–H groups in total. The first kappa shape index (κ1) is 19.9. The number of carbonyl (C=O) groups is 1. The molecule has 3 nitrogen and oxygen atoms in total. The average molecular weight is 344 g/mol. The Morgan fingerprint density at radius 2 is 1.64 bits per heavy atom. The van der Waals surface area contributed by atoms with Gasteiger partial charge in [-0.2, -0.15) is 0 Å². The zero-order valence-corrected chi connectivity index (χ0v) is 18.7. The van der Waals surface area contributed by atoms with Gasteiger partial charge < -0.3 is 9.33 Å². The summed E-state index contributed by atoms with van der Waals surface area (Å²) in [5.74, 6) is 0.358. The van der Waals surface area contributed by atoms with Crippen LogP contribution >= 0.6 is 0 Å². The topological polar surface area (TPSA) is 29.5 Å². The number of nitrogens with zero attached hydrogens (tertiary/aromatic N) is 1. The van der Waals surface area contributed by atoms with Crippen molar-refractivity contribution in [3.05, 3.63) is 0 Å². The molecule has 5 heteroatoms. The Balaban J connectivity index is 3.29. The molecule has 1 fully saturated rings. The van der Waals surface area contributed by atoms with Crippen LogP contribution in [0.1, 0.15) is 48.0 Å². The number of amides is 1. The second-order valence-corrected chi connectivity index (χ2v) is 15.4. The Hall–Kier alpha value is -0.136. The van der Waals surface area contributed by atoms with Gasteiger partial charge in [0, 0.05) is 18.2 Å². The fourth-order valence-corrected chi connectivity index (χ4v) is 6.04. The van der Waals surface area contributed by atoms with E-state index < -0.39 is 17.8 Å². The lowest BCUT2D eigenvalue weighted by Gasteiger charge is -2.43. The molecule has 1 rings (SSSR count). The Bertz CT molecular complexity index is 410. The predicted octanol–water partition coefficient (Wildman–Crippen LogP) is 3.66. The molecular formula is C17H37NO2Si2. The fourth-order valence-electron chi connectivity index (χ4n) is 3.46. The molecule has 0 radical (unpaired) electrons. The van der Waals surface area contributed by atoms with E-state index in [0.717, 1.165) is 6.42 Å². The highest BCUT2D eigenvalue weighted by atomic mass is 28.3. The normalized spacial score (nSPS) is 27.4. The lowest BCUT2D eigenvalue weighted by molar-refractivity contribution is -0.138. The van der Waals surface area contributed by atoms with Crippen LogP contribution in [0.3, 0.4) is 0 Å². The third-order valence-electron chi connectivity index (χ3n) is 5.02. The quantitative estimate of drug-likeness (QED) is 0.729. The molecule has 22 heavy (non-hydrogen) atoms. The van der Waals surface area contributed by atoms with E-state index in [4.69, 9.17) is 4.43 Å². The summed E-state index contributed by atoms with van der Waals surface area (Å²) < 4.78 is 6.11. The molecule has 0 aromatic rings. The third kappa shape index (κ3) is 3.85. The Morgan fingerprint density at radius 3 is 1.91 bits per heavy atom. The second kappa shape index (κ2) is 6.40. The van der Waals surface area contributed by atoms with E-state index in [1.165, 1.54) is 0 Å². The lowest BCUT2D eigenvalue weighted by Crippen LogP contribution is -2.53. The van der Waals surface area contributed by atoms with E-state index in [9.17, 15) is 4.79 Å². The van der Waals surface area contributed by atoms with E-state index in [1.54, 1.807) is 0 Å². The number of hydrogen-bond donors (Lipinski definition) is 0. The first-order valence-electron chi connectivity index (χ1n) is 8.69. The molecule has 1 aliphatic heterocycles. The minimum atomic E-state index is -1.19. The minimum absolute atomic E-state index is 0.100. The van der Waals surface area contributed by atoms with Crippen molar-refractivity contribution in [1.82, 2.24) is 4.90 Å². The summed E-state index contributed by atoms with van der Waals surface area (Å²) >= 11 is 0. The van der Waals surface area contributed by atoms with Crippen LogP contribution in [-0.4, -0.2) is 46.8 Å². The molecule has 0 aliphatic carbocycles. The minimum Gasteiger partial charge on any atom is -0.420 e. The van der Waals surface area contributed by atoms with Gasteiger partial charge in [-0.25, -0.2) is 0 Å². The van der Waals surface area contributed by atoms with Gasteiger partial charge in [0.05, 0.1) is 13.8 Å². The Morgan fingerprint density at radius 1 is 1.14 bits per heavy atom. The van der Waals surface area contributed by atoms with Crippen molar-refractivity contribution in [3.63, 3.8) is 0 Å². The average Bonchev–Trinajstić information content (AvgIpc) is 2.60. The van der Waals surface area contributed by atoms with Gasteiger partial charge >= 0.3 is 0 Å². The molecule has 0 aromatic carbocycles.